The van der Waals surface area contributed by atoms with Crippen LogP contribution in [0.2, 0.25) is 0 Å². The highest BCUT2D eigenvalue weighted by atomic mass is 16.4. The normalized spacial score (nSPS) is 14.6. The molecule has 0 rings (SSSR count). The van der Waals surface area contributed by atoms with E-state index < -0.39 is 12.0 Å². The number of carbonyl (C=O) groups is 2. The minimum Gasteiger partial charge on any atom is -0.480 e. The fourth-order valence-electron chi connectivity index (χ4n) is 3.30. The lowest BCUT2D eigenvalue weighted by Crippen LogP contribution is -2.44. The zero-order chi connectivity index (χ0) is 21.9. The van der Waals surface area contributed by atoms with Crippen LogP contribution in [0.5, 0.6) is 0 Å². The summed E-state index contributed by atoms with van der Waals surface area (Å²) < 4.78 is 0. The largest absolute Gasteiger partial charge is 0.480 e. The van der Waals surface area contributed by atoms with E-state index in [1.807, 2.05) is 13.8 Å². The molecule has 5 heteroatoms. The van der Waals surface area contributed by atoms with E-state index in [1.54, 1.807) is 0 Å². The first-order chi connectivity index (χ1) is 13.9. The third-order valence-corrected chi connectivity index (χ3v) is 5.54. The summed E-state index contributed by atoms with van der Waals surface area (Å²) >= 11 is 0. The van der Waals surface area contributed by atoms with Crippen LogP contribution in [0.1, 0.15) is 111 Å². The van der Waals surface area contributed by atoms with Gasteiger partial charge in [0.1, 0.15) is 6.04 Å². The Kier molecular flexibility index (Phi) is 17.8. The standard InChI is InChI=1S/C24H45NO4/c1-4-6-7-14-17-21(26)18-15-12-10-8-9-11-13-16-19-22(27)25-23(24(28)29)20(3)5-2/h12,15,20-21,23,26H,4-11,13-14,16-19H2,1-3H3,(H,25,27)(H,28,29)/b15-12-/t20-,21+,23-/m0/s1. The van der Waals surface area contributed by atoms with Gasteiger partial charge in [0.2, 0.25) is 5.91 Å². The molecule has 0 aliphatic heterocycles. The van der Waals surface area contributed by atoms with Crippen molar-refractivity contribution in [1.82, 2.24) is 5.32 Å². The van der Waals surface area contributed by atoms with E-state index in [0.717, 1.165) is 64.2 Å². The third kappa shape index (κ3) is 16.2. The number of aliphatic carboxylic acids is 1. The van der Waals surface area contributed by atoms with Gasteiger partial charge in [0.15, 0.2) is 0 Å². The molecule has 0 aliphatic rings. The van der Waals surface area contributed by atoms with E-state index in [4.69, 9.17) is 0 Å². The van der Waals surface area contributed by atoms with Crippen molar-refractivity contribution in [2.45, 2.75) is 123 Å². The van der Waals surface area contributed by atoms with Crippen LogP contribution in [0.15, 0.2) is 12.2 Å². The fourth-order valence-corrected chi connectivity index (χ4v) is 3.30. The number of carbonyl (C=O) groups excluding carboxylic acids is 1. The molecule has 5 nitrogen and oxygen atoms in total. The maximum absolute atomic E-state index is 11.9. The Morgan fingerprint density at radius 3 is 2.24 bits per heavy atom. The van der Waals surface area contributed by atoms with Crippen LogP contribution >= 0.6 is 0 Å². The highest BCUT2D eigenvalue weighted by Gasteiger charge is 2.24. The second-order valence-corrected chi connectivity index (χ2v) is 8.29. The van der Waals surface area contributed by atoms with Gasteiger partial charge in [-0.1, -0.05) is 84.3 Å². The van der Waals surface area contributed by atoms with Crippen molar-refractivity contribution in [3.8, 4) is 0 Å². The molecule has 0 saturated carbocycles. The SMILES string of the molecule is CCCCCC[C@@H](O)C/C=C\CCCCCCCC(=O)N[C@H](C(=O)O)[C@@H](C)CC. The molecule has 0 aliphatic carbocycles. The van der Waals surface area contributed by atoms with Crippen molar-refractivity contribution < 1.29 is 19.8 Å². The monoisotopic (exact) mass is 411 g/mol. The Balaban J connectivity index is 3.63. The van der Waals surface area contributed by atoms with Crippen LogP contribution in [0.4, 0.5) is 0 Å². The molecule has 170 valence electrons. The molecule has 3 N–H and O–H groups in total. The highest BCUT2D eigenvalue weighted by molar-refractivity contribution is 5.83. The summed E-state index contributed by atoms with van der Waals surface area (Å²) in [6.45, 7) is 5.97. The highest BCUT2D eigenvalue weighted by Crippen LogP contribution is 2.12. The molecule has 0 radical (unpaired) electrons. The molecular weight excluding hydrogens is 366 g/mol. The first kappa shape index (κ1) is 27.6. The molecule has 0 aromatic heterocycles. The van der Waals surface area contributed by atoms with Gasteiger partial charge in [-0.25, -0.2) is 4.79 Å². The second-order valence-electron chi connectivity index (χ2n) is 8.29. The Labute approximate surface area is 178 Å². The van der Waals surface area contributed by atoms with Crippen LogP contribution in [0.3, 0.4) is 0 Å². The summed E-state index contributed by atoms with van der Waals surface area (Å²) in [5, 5.41) is 21.8. The summed E-state index contributed by atoms with van der Waals surface area (Å²) in [6, 6.07) is -0.783. The number of amides is 1. The molecule has 0 spiro atoms. The summed E-state index contributed by atoms with van der Waals surface area (Å²) in [7, 11) is 0. The average molecular weight is 412 g/mol. The van der Waals surface area contributed by atoms with Crippen molar-refractivity contribution >= 4 is 11.9 Å². The smallest absolute Gasteiger partial charge is 0.326 e. The van der Waals surface area contributed by atoms with Gasteiger partial charge in [-0.3, -0.25) is 4.79 Å². The maximum atomic E-state index is 11.9. The molecule has 0 aromatic carbocycles. The number of unbranched alkanes of at least 4 members (excludes halogenated alkanes) is 8. The van der Waals surface area contributed by atoms with Crippen molar-refractivity contribution in [2.24, 2.45) is 5.92 Å². The Morgan fingerprint density at radius 1 is 0.931 bits per heavy atom. The molecule has 0 bridgehead atoms. The molecule has 0 unspecified atom stereocenters. The van der Waals surface area contributed by atoms with Crippen molar-refractivity contribution in [3.05, 3.63) is 12.2 Å². The summed E-state index contributed by atoms with van der Waals surface area (Å²) in [6.07, 6.45) is 17.9. The van der Waals surface area contributed by atoms with E-state index in [1.165, 1.54) is 19.3 Å². The Morgan fingerprint density at radius 2 is 1.59 bits per heavy atom. The molecule has 3 atom stereocenters. The van der Waals surface area contributed by atoms with E-state index in [0.29, 0.717) is 6.42 Å². The second kappa shape index (κ2) is 18.7. The molecular formula is C24H45NO4. The third-order valence-electron chi connectivity index (χ3n) is 5.54. The Bertz CT molecular complexity index is 450. The quantitative estimate of drug-likeness (QED) is 0.190. The molecule has 1 amide bonds. The van der Waals surface area contributed by atoms with E-state index in [2.05, 4.69) is 24.4 Å². The lowest BCUT2D eigenvalue weighted by atomic mass is 9.99. The average Bonchev–Trinajstić information content (AvgIpc) is 2.70. The van der Waals surface area contributed by atoms with Crippen LogP contribution in [0, 0.1) is 5.92 Å². The first-order valence-corrected chi connectivity index (χ1v) is 11.8. The number of carboxylic acids is 1. The zero-order valence-electron chi connectivity index (χ0n) is 19.0. The van der Waals surface area contributed by atoms with Crippen LogP contribution in [0.25, 0.3) is 0 Å². The number of nitrogens with one attached hydrogen (secondary N) is 1. The number of hydrogen-bond donors (Lipinski definition) is 3. The van der Waals surface area contributed by atoms with Crippen LogP contribution in [-0.2, 0) is 9.59 Å². The van der Waals surface area contributed by atoms with Gasteiger partial charge in [-0.15, -0.1) is 0 Å². The lowest BCUT2D eigenvalue weighted by molar-refractivity contribution is -0.143. The van der Waals surface area contributed by atoms with Crippen LogP contribution < -0.4 is 5.32 Å². The van der Waals surface area contributed by atoms with Gasteiger partial charge in [0, 0.05) is 6.42 Å². The van der Waals surface area contributed by atoms with E-state index >= 15 is 0 Å². The van der Waals surface area contributed by atoms with Gasteiger partial charge in [0.05, 0.1) is 6.10 Å². The van der Waals surface area contributed by atoms with Crippen molar-refractivity contribution in [3.63, 3.8) is 0 Å². The predicted octanol–water partition coefficient (Wildman–Crippen LogP) is 5.61. The van der Waals surface area contributed by atoms with Gasteiger partial charge in [0.25, 0.3) is 0 Å². The fraction of sp³-hybridized carbons (Fsp3) is 0.833. The lowest BCUT2D eigenvalue weighted by Gasteiger charge is -2.20. The summed E-state index contributed by atoms with van der Waals surface area (Å²) in [4.78, 5) is 23.2. The minimum absolute atomic E-state index is 0.0633. The number of aliphatic hydroxyl groups excluding tert-OH is 1. The van der Waals surface area contributed by atoms with Crippen molar-refractivity contribution in [2.75, 3.05) is 0 Å². The maximum Gasteiger partial charge on any atom is 0.326 e. The minimum atomic E-state index is -0.954. The number of aliphatic hydroxyl groups is 1. The topological polar surface area (TPSA) is 86.6 Å². The molecule has 29 heavy (non-hydrogen) atoms. The molecule has 0 aromatic rings. The van der Waals surface area contributed by atoms with Gasteiger partial charge < -0.3 is 15.5 Å². The molecule has 0 heterocycles. The van der Waals surface area contributed by atoms with E-state index in [-0.39, 0.29) is 17.9 Å². The van der Waals surface area contributed by atoms with E-state index in [9.17, 15) is 19.8 Å². The predicted molar refractivity (Wildman–Crippen MR) is 120 cm³/mol. The van der Waals surface area contributed by atoms with Gasteiger partial charge in [-0.05, 0) is 38.0 Å². The number of allylic oxidation sites excluding steroid dienone is 1. The molecule has 0 saturated heterocycles. The Hall–Kier alpha value is -1.36. The number of carboxylic acid groups (broad SMARTS) is 1. The van der Waals surface area contributed by atoms with Crippen molar-refractivity contribution in [1.29, 1.82) is 0 Å². The first-order valence-electron chi connectivity index (χ1n) is 11.8. The van der Waals surface area contributed by atoms with Gasteiger partial charge in [-0.2, -0.15) is 0 Å². The molecule has 0 fully saturated rings. The zero-order valence-corrected chi connectivity index (χ0v) is 19.0. The van der Waals surface area contributed by atoms with Gasteiger partial charge >= 0.3 is 5.97 Å². The number of rotatable bonds is 19. The summed E-state index contributed by atoms with van der Waals surface area (Å²) in [5.74, 6) is -1.18. The number of hydrogen-bond acceptors (Lipinski definition) is 3. The summed E-state index contributed by atoms with van der Waals surface area (Å²) in [5.41, 5.74) is 0. The van der Waals surface area contributed by atoms with Crippen LogP contribution in [-0.4, -0.2) is 34.2 Å².